The van der Waals surface area contributed by atoms with Crippen LogP contribution in [0.3, 0.4) is 0 Å². The standard InChI is InChI=1S/C29H42O18/c1-29(9-18(32)33,47-28-25(40)23(38)21(36)17(12-31)45-28)10-19(34)43-6-4-5-13-7-14(41-2)26(15(8-13)42-3)46-27-24(39)22(37)20(35)16(11-30)44-27/h4-5,7-8,16-17,20-25,27-28,30-31,35-40H,6,9-12H2,1-3H3,(H,32,33)/b5-4+/t16-,17-,20-,21-,22+,23+,24-,25-,27+,28+,29?/m0/s1. The van der Waals surface area contributed by atoms with Gasteiger partial charge in [-0.1, -0.05) is 6.08 Å². The Labute approximate surface area is 268 Å². The van der Waals surface area contributed by atoms with E-state index in [1.807, 2.05) is 0 Å². The van der Waals surface area contributed by atoms with Crippen LogP contribution in [0, 0.1) is 0 Å². The molecule has 0 amide bonds. The molecule has 2 fully saturated rings. The van der Waals surface area contributed by atoms with Crippen molar-refractivity contribution in [2.24, 2.45) is 0 Å². The SMILES string of the molecule is COc1cc(/C=C/COC(=O)CC(C)(CC(=O)O)O[C@H]2O[C@@H](CO)[C@H](O)[C@@H](O)[C@@H]2O)cc(OC)c1O[C@H]1O[C@@H](CO)[C@H](O)[C@@H](O)[C@@H]1O. The Kier molecular flexibility index (Phi) is 13.7. The van der Waals surface area contributed by atoms with E-state index < -0.39 is 105 Å². The third kappa shape index (κ3) is 9.48. The fourth-order valence-electron chi connectivity index (χ4n) is 4.99. The van der Waals surface area contributed by atoms with E-state index >= 15 is 0 Å². The van der Waals surface area contributed by atoms with E-state index in [0.717, 1.165) is 0 Å². The Morgan fingerprint density at radius 1 is 0.809 bits per heavy atom. The van der Waals surface area contributed by atoms with Gasteiger partial charge in [0.15, 0.2) is 17.8 Å². The molecule has 0 radical (unpaired) electrons. The molecule has 0 saturated carbocycles. The van der Waals surface area contributed by atoms with E-state index in [1.54, 1.807) is 0 Å². The molecule has 266 valence electrons. The summed E-state index contributed by atoms with van der Waals surface area (Å²) in [6, 6.07) is 3.00. The van der Waals surface area contributed by atoms with Gasteiger partial charge in [0.1, 0.15) is 55.4 Å². The van der Waals surface area contributed by atoms with Crippen molar-refractivity contribution in [1.82, 2.24) is 0 Å². The lowest BCUT2D eigenvalue weighted by molar-refractivity contribution is -0.325. The van der Waals surface area contributed by atoms with Crippen molar-refractivity contribution >= 4 is 18.0 Å². The molecule has 18 nitrogen and oxygen atoms in total. The summed E-state index contributed by atoms with van der Waals surface area (Å²) < 4.78 is 37.9. The number of carbonyl (C=O) groups is 2. The van der Waals surface area contributed by atoms with E-state index in [4.69, 9.17) is 33.2 Å². The van der Waals surface area contributed by atoms with Gasteiger partial charge in [-0.3, -0.25) is 9.59 Å². The quantitative estimate of drug-likeness (QED) is 0.0830. The molecule has 0 aliphatic carbocycles. The van der Waals surface area contributed by atoms with E-state index in [1.165, 1.54) is 45.4 Å². The summed E-state index contributed by atoms with van der Waals surface area (Å²) in [4.78, 5) is 24.2. The summed E-state index contributed by atoms with van der Waals surface area (Å²) in [5.74, 6) is -2.06. The number of esters is 1. The Morgan fingerprint density at radius 2 is 1.32 bits per heavy atom. The van der Waals surface area contributed by atoms with Crippen LogP contribution in [-0.2, 0) is 28.5 Å². The van der Waals surface area contributed by atoms with Crippen molar-refractivity contribution in [1.29, 1.82) is 0 Å². The molecular weight excluding hydrogens is 636 g/mol. The number of aliphatic carboxylic acids is 1. The lowest BCUT2D eigenvalue weighted by atomic mass is 9.95. The number of ether oxygens (including phenoxy) is 7. The predicted octanol–water partition coefficient (Wildman–Crippen LogP) is -3.12. The molecule has 0 bridgehead atoms. The number of hydrogen-bond acceptors (Lipinski definition) is 17. The zero-order valence-corrected chi connectivity index (χ0v) is 25.8. The number of carbonyl (C=O) groups excluding carboxylic acids is 1. The van der Waals surface area contributed by atoms with Gasteiger partial charge in [-0.25, -0.2) is 0 Å². The topological polar surface area (TPSA) is 281 Å². The third-order valence-electron chi connectivity index (χ3n) is 7.51. The van der Waals surface area contributed by atoms with E-state index in [0.29, 0.717) is 5.56 Å². The molecule has 2 saturated heterocycles. The number of hydrogen-bond donors (Lipinski definition) is 9. The van der Waals surface area contributed by atoms with Crippen molar-refractivity contribution in [3.8, 4) is 17.2 Å². The summed E-state index contributed by atoms with van der Waals surface area (Å²) >= 11 is 0. The van der Waals surface area contributed by atoms with Crippen molar-refractivity contribution in [3.63, 3.8) is 0 Å². The van der Waals surface area contributed by atoms with Crippen LogP contribution in [0.15, 0.2) is 18.2 Å². The number of carboxylic acid groups (broad SMARTS) is 1. The minimum Gasteiger partial charge on any atom is -0.493 e. The van der Waals surface area contributed by atoms with Crippen molar-refractivity contribution in [2.75, 3.05) is 34.0 Å². The maximum atomic E-state index is 12.7. The monoisotopic (exact) mass is 678 g/mol. The predicted molar refractivity (Wildman–Crippen MR) is 154 cm³/mol. The van der Waals surface area contributed by atoms with Crippen LogP contribution in [0.5, 0.6) is 17.2 Å². The third-order valence-corrected chi connectivity index (χ3v) is 7.51. The molecule has 0 aromatic heterocycles. The maximum Gasteiger partial charge on any atom is 0.309 e. The Balaban J connectivity index is 1.66. The second-order valence-electron chi connectivity index (χ2n) is 11.2. The molecule has 1 aromatic rings. The molecule has 2 aliphatic rings. The maximum absolute atomic E-state index is 12.7. The highest BCUT2D eigenvalue weighted by Crippen LogP contribution is 2.41. The number of aliphatic hydroxyl groups excluding tert-OH is 8. The average Bonchev–Trinajstić information content (AvgIpc) is 3.03. The van der Waals surface area contributed by atoms with Gasteiger partial charge >= 0.3 is 11.9 Å². The Hall–Kier alpha value is -3.14. The molecule has 1 aromatic carbocycles. The molecule has 0 spiro atoms. The second kappa shape index (κ2) is 16.8. The molecule has 2 aliphatic heterocycles. The fraction of sp³-hybridized carbons (Fsp3) is 0.655. The summed E-state index contributed by atoms with van der Waals surface area (Å²) in [6.45, 7) is -0.417. The first-order valence-corrected chi connectivity index (χ1v) is 14.4. The van der Waals surface area contributed by atoms with Gasteiger partial charge in [0.2, 0.25) is 12.0 Å². The highest BCUT2D eigenvalue weighted by Gasteiger charge is 2.48. The van der Waals surface area contributed by atoms with Crippen molar-refractivity contribution in [3.05, 3.63) is 23.8 Å². The molecule has 11 atom stereocenters. The normalized spacial score (nSPS) is 32.4. The van der Waals surface area contributed by atoms with Crippen LogP contribution in [-0.4, -0.2) is 159 Å². The van der Waals surface area contributed by atoms with Crippen LogP contribution in [0.1, 0.15) is 25.3 Å². The smallest absolute Gasteiger partial charge is 0.309 e. The van der Waals surface area contributed by atoms with Crippen LogP contribution in [0.2, 0.25) is 0 Å². The van der Waals surface area contributed by atoms with Crippen LogP contribution in [0.25, 0.3) is 6.08 Å². The number of benzene rings is 1. The van der Waals surface area contributed by atoms with E-state index in [2.05, 4.69) is 0 Å². The Morgan fingerprint density at radius 3 is 1.81 bits per heavy atom. The highest BCUT2D eigenvalue weighted by atomic mass is 16.7. The molecule has 18 heteroatoms. The van der Waals surface area contributed by atoms with Gasteiger partial charge in [-0.2, -0.15) is 0 Å². The molecule has 1 unspecified atom stereocenters. The fourth-order valence-corrected chi connectivity index (χ4v) is 4.99. The van der Waals surface area contributed by atoms with Gasteiger partial charge in [-0.05, 0) is 30.7 Å². The zero-order chi connectivity index (χ0) is 35.1. The minimum atomic E-state index is -1.82. The van der Waals surface area contributed by atoms with Crippen LogP contribution < -0.4 is 14.2 Å². The minimum absolute atomic E-state index is 0.0278. The Bertz CT molecular complexity index is 1200. The van der Waals surface area contributed by atoms with Gasteiger partial charge in [0, 0.05) is 0 Å². The lowest BCUT2D eigenvalue weighted by Gasteiger charge is -2.42. The summed E-state index contributed by atoms with van der Waals surface area (Å²) in [5.41, 5.74) is -1.32. The number of aliphatic hydroxyl groups is 8. The molecule has 2 heterocycles. The second-order valence-corrected chi connectivity index (χ2v) is 11.2. The largest absolute Gasteiger partial charge is 0.493 e. The molecule has 9 N–H and O–H groups in total. The van der Waals surface area contributed by atoms with E-state index in [-0.39, 0.29) is 23.9 Å². The highest BCUT2D eigenvalue weighted by molar-refractivity contribution is 5.74. The van der Waals surface area contributed by atoms with E-state index in [9.17, 15) is 55.5 Å². The average molecular weight is 679 g/mol. The number of carboxylic acids is 1. The molecular formula is C29H42O18. The summed E-state index contributed by atoms with van der Waals surface area (Å²) in [6.07, 6.45) is -14.3. The zero-order valence-electron chi connectivity index (χ0n) is 25.8. The lowest BCUT2D eigenvalue weighted by Crippen LogP contribution is -2.60. The molecule has 3 rings (SSSR count). The van der Waals surface area contributed by atoms with Crippen LogP contribution >= 0.6 is 0 Å². The first kappa shape index (κ1) is 38.3. The van der Waals surface area contributed by atoms with Gasteiger partial charge < -0.3 is 79.1 Å². The first-order chi connectivity index (χ1) is 22.2. The van der Waals surface area contributed by atoms with Crippen molar-refractivity contribution in [2.45, 2.75) is 86.8 Å². The summed E-state index contributed by atoms with van der Waals surface area (Å²) in [7, 11) is 2.65. The van der Waals surface area contributed by atoms with Gasteiger partial charge in [0.05, 0.1) is 45.9 Å². The first-order valence-electron chi connectivity index (χ1n) is 14.4. The van der Waals surface area contributed by atoms with Gasteiger partial charge in [-0.15, -0.1) is 0 Å². The summed E-state index contributed by atoms with van der Waals surface area (Å²) in [5, 5.41) is 88.9. The molecule has 47 heavy (non-hydrogen) atoms. The number of methoxy groups -OCH3 is 2. The van der Waals surface area contributed by atoms with Gasteiger partial charge in [0.25, 0.3) is 0 Å². The number of rotatable bonds is 15. The van der Waals surface area contributed by atoms with Crippen molar-refractivity contribution < 1.29 is 88.7 Å². The van der Waals surface area contributed by atoms with Crippen LogP contribution in [0.4, 0.5) is 0 Å².